The van der Waals surface area contributed by atoms with Crippen LogP contribution in [0.4, 0.5) is 5.13 Å². The Morgan fingerprint density at radius 3 is 2.71 bits per heavy atom. The number of nitrogens with zero attached hydrogens (tertiary/aromatic N) is 1. The molecule has 2 atom stereocenters. The van der Waals surface area contributed by atoms with Crippen molar-refractivity contribution in [3.8, 4) is 0 Å². The van der Waals surface area contributed by atoms with Gasteiger partial charge in [-0.05, 0) is 13.3 Å². The van der Waals surface area contributed by atoms with Gasteiger partial charge in [0.05, 0.1) is 17.6 Å². The van der Waals surface area contributed by atoms with Crippen molar-refractivity contribution in [1.29, 1.82) is 0 Å². The molecule has 5 N–H and O–H groups in total. The number of carbonyl (C=O) groups excluding carboxylic acids is 2. The van der Waals surface area contributed by atoms with Gasteiger partial charge in [-0.15, -0.1) is 0 Å². The van der Waals surface area contributed by atoms with Crippen LogP contribution in [0.5, 0.6) is 0 Å². The second-order valence-corrected chi connectivity index (χ2v) is 5.33. The number of nitrogens with two attached hydrogens (primary N) is 1. The molecule has 0 fully saturated rings. The van der Waals surface area contributed by atoms with Crippen LogP contribution in [0.3, 0.4) is 0 Å². The average molecular weight is 317 g/mol. The second-order valence-electron chi connectivity index (χ2n) is 4.27. The van der Waals surface area contributed by atoms with Gasteiger partial charge in [0.25, 0.3) is 0 Å². The summed E-state index contributed by atoms with van der Waals surface area (Å²) in [5.74, 6) is -0.931. The number of thiazole rings is 1. The Kier molecular flexibility index (Phi) is 6.53. The Labute approximate surface area is 125 Å². The Morgan fingerprint density at radius 1 is 1.48 bits per heavy atom. The van der Waals surface area contributed by atoms with Gasteiger partial charge in [0.1, 0.15) is 6.10 Å². The molecular weight excluding hydrogens is 298 g/mol. The van der Waals surface area contributed by atoms with Gasteiger partial charge in [-0.1, -0.05) is 11.3 Å². The Bertz CT molecular complexity index is 505. The lowest BCUT2D eigenvalue weighted by Gasteiger charge is -2.17. The highest BCUT2D eigenvalue weighted by Crippen LogP contribution is 2.30. The van der Waals surface area contributed by atoms with Crippen molar-refractivity contribution in [3.63, 3.8) is 0 Å². The van der Waals surface area contributed by atoms with Crippen LogP contribution < -0.4 is 11.1 Å². The molecule has 21 heavy (non-hydrogen) atoms. The average Bonchev–Trinajstić information content (AvgIpc) is 2.79. The summed E-state index contributed by atoms with van der Waals surface area (Å²) in [5.41, 5.74) is 5.45. The predicted octanol–water partition coefficient (Wildman–Crippen LogP) is -0.178. The minimum atomic E-state index is -1.33. The topological polar surface area (TPSA) is 135 Å². The number of nitrogen functional groups attached to an aromatic ring is 1. The Morgan fingerprint density at radius 2 is 2.14 bits per heavy atom. The first-order valence-corrected chi connectivity index (χ1v) is 7.22. The lowest BCUT2D eigenvalue weighted by atomic mass is 10.1. The molecule has 118 valence electrons. The van der Waals surface area contributed by atoms with Crippen LogP contribution in [-0.2, 0) is 9.53 Å². The summed E-state index contributed by atoms with van der Waals surface area (Å²) in [6.45, 7) is 3.37. The smallest absolute Gasteiger partial charge is 0.358 e. The van der Waals surface area contributed by atoms with Crippen molar-refractivity contribution in [1.82, 2.24) is 10.3 Å². The molecular formula is C12H19N3O5S. The molecule has 0 aliphatic heterocycles. The van der Waals surface area contributed by atoms with Gasteiger partial charge in [0, 0.05) is 13.5 Å². The van der Waals surface area contributed by atoms with Gasteiger partial charge in [-0.3, -0.25) is 4.79 Å². The van der Waals surface area contributed by atoms with E-state index in [-0.39, 0.29) is 41.2 Å². The molecule has 0 aliphatic rings. The number of amides is 1. The summed E-state index contributed by atoms with van der Waals surface area (Å²) in [6.07, 6.45) is -2.36. The molecule has 0 spiro atoms. The molecule has 1 aromatic heterocycles. The molecule has 1 aromatic rings. The van der Waals surface area contributed by atoms with Crippen molar-refractivity contribution in [3.05, 3.63) is 10.6 Å². The summed E-state index contributed by atoms with van der Waals surface area (Å²) < 4.78 is 4.82. The number of aromatic nitrogens is 1. The summed E-state index contributed by atoms with van der Waals surface area (Å²) in [4.78, 5) is 26.4. The summed E-state index contributed by atoms with van der Waals surface area (Å²) in [6, 6.07) is 0. The fraction of sp³-hybridized carbons (Fsp3) is 0.583. The Hall–Kier alpha value is -1.71. The number of anilines is 1. The zero-order chi connectivity index (χ0) is 16.0. The zero-order valence-corrected chi connectivity index (χ0v) is 12.6. The highest BCUT2D eigenvalue weighted by molar-refractivity contribution is 7.15. The number of hydrogen-bond acceptors (Lipinski definition) is 8. The van der Waals surface area contributed by atoms with Gasteiger partial charge < -0.3 is 26.0 Å². The fourth-order valence-electron chi connectivity index (χ4n) is 1.62. The van der Waals surface area contributed by atoms with E-state index in [1.807, 2.05) is 0 Å². The van der Waals surface area contributed by atoms with E-state index in [2.05, 4.69) is 10.3 Å². The summed E-state index contributed by atoms with van der Waals surface area (Å²) >= 11 is 0.913. The molecule has 1 heterocycles. The van der Waals surface area contributed by atoms with Crippen molar-refractivity contribution in [2.24, 2.45) is 0 Å². The van der Waals surface area contributed by atoms with E-state index in [1.54, 1.807) is 6.92 Å². The lowest BCUT2D eigenvalue weighted by molar-refractivity contribution is -0.119. The van der Waals surface area contributed by atoms with E-state index in [0.717, 1.165) is 11.3 Å². The third-order valence-electron chi connectivity index (χ3n) is 2.59. The molecule has 0 saturated heterocycles. The van der Waals surface area contributed by atoms with Crippen molar-refractivity contribution in [2.45, 2.75) is 32.5 Å². The van der Waals surface area contributed by atoms with E-state index in [0.29, 0.717) is 0 Å². The van der Waals surface area contributed by atoms with Crippen LogP contribution in [0.25, 0.3) is 0 Å². The molecule has 0 saturated carbocycles. The normalized spacial score (nSPS) is 13.5. The number of nitrogens with one attached hydrogen (secondary N) is 1. The highest BCUT2D eigenvalue weighted by atomic mass is 32.1. The number of rotatable bonds is 7. The number of carbonyl (C=O) groups is 2. The molecule has 9 heteroatoms. The number of esters is 1. The molecule has 1 amide bonds. The molecule has 0 radical (unpaired) electrons. The van der Waals surface area contributed by atoms with E-state index in [1.165, 1.54) is 6.92 Å². The number of aliphatic hydroxyl groups excluding tert-OH is 2. The highest BCUT2D eigenvalue weighted by Gasteiger charge is 2.28. The van der Waals surface area contributed by atoms with E-state index < -0.39 is 18.2 Å². The number of aliphatic hydroxyl groups is 2. The second kappa shape index (κ2) is 7.91. The van der Waals surface area contributed by atoms with E-state index in [4.69, 9.17) is 10.5 Å². The third kappa shape index (κ3) is 4.96. The zero-order valence-electron chi connectivity index (χ0n) is 11.8. The van der Waals surface area contributed by atoms with E-state index >= 15 is 0 Å². The SMILES string of the molecule is CCOC(=O)c1nc(N)sc1C(O)C(O)CCNC(C)=O. The molecule has 0 bridgehead atoms. The van der Waals surface area contributed by atoms with Crippen LogP contribution in [0.2, 0.25) is 0 Å². The summed E-state index contributed by atoms with van der Waals surface area (Å²) in [7, 11) is 0. The third-order valence-corrected chi connectivity index (χ3v) is 3.54. The van der Waals surface area contributed by atoms with Gasteiger partial charge in [0.2, 0.25) is 5.91 Å². The van der Waals surface area contributed by atoms with Crippen molar-refractivity contribution in [2.75, 3.05) is 18.9 Å². The first-order chi connectivity index (χ1) is 9.86. The van der Waals surface area contributed by atoms with Crippen LogP contribution in [0.1, 0.15) is 41.7 Å². The number of ether oxygens (including phenoxy) is 1. The van der Waals surface area contributed by atoms with Crippen molar-refractivity contribution < 1.29 is 24.5 Å². The van der Waals surface area contributed by atoms with Crippen LogP contribution in [0.15, 0.2) is 0 Å². The predicted molar refractivity (Wildman–Crippen MR) is 76.8 cm³/mol. The monoisotopic (exact) mass is 317 g/mol. The maximum absolute atomic E-state index is 11.7. The largest absolute Gasteiger partial charge is 0.461 e. The van der Waals surface area contributed by atoms with E-state index in [9.17, 15) is 19.8 Å². The molecule has 2 unspecified atom stereocenters. The molecule has 0 aliphatic carbocycles. The maximum atomic E-state index is 11.7. The van der Waals surface area contributed by atoms with Gasteiger partial charge in [-0.2, -0.15) is 0 Å². The Balaban J connectivity index is 2.78. The van der Waals surface area contributed by atoms with Crippen molar-refractivity contribution >= 4 is 28.3 Å². The van der Waals surface area contributed by atoms with Gasteiger partial charge in [-0.25, -0.2) is 9.78 Å². The quantitative estimate of drug-likeness (QED) is 0.512. The maximum Gasteiger partial charge on any atom is 0.358 e. The van der Waals surface area contributed by atoms with Gasteiger partial charge >= 0.3 is 5.97 Å². The van der Waals surface area contributed by atoms with Gasteiger partial charge in [0.15, 0.2) is 10.8 Å². The summed E-state index contributed by atoms with van der Waals surface area (Å²) in [5, 5.41) is 22.6. The fourth-order valence-corrected chi connectivity index (χ4v) is 2.49. The molecule has 8 nitrogen and oxygen atoms in total. The molecule has 0 aromatic carbocycles. The first-order valence-electron chi connectivity index (χ1n) is 6.40. The van der Waals surface area contributed by atoms with Crippen LogP contribution in [0, 0.1) is 0 Å². The molecule has 1 rings (SSSR count). The first kappa shape index (κ1) is 17.3. The minimum Gasteiger partial charge on any atom is -0.461 e. The lowest BCUT2D eigenvalue weighted by Crippen LogP contribution is -2.28. The minimum absolute atomic E-state index is 0.0922. The standard InChI is InChI=1S/C12H19N3O5S/c1-3-20-11(19)8-10(21-12(13)15-8)9(18)7(17)4-5-14-6(2)16/h7,9,17-18H,3-5H2,1-2H3,(H2,13,15)(H,14,16). The van der Waals surface area contributed by atoms with Crippen LogP contribution >= 0.6 is 11.3 Å². The number of hydrogen-bond donors (Lipinski definition) is 4. The van der Waals surface area contributed by atoms with Crippen LogP contribution in [-0.4, -0.2) is 46.3 Å².